The van der Waals surface area contributed by atoms with Gasteiger partial charge < -0.3 is 9.15 Å². The van der Waals surface area contributed by atoms with Crippen molar-refractivity contribution in [3.8, 4) is 6.07 Å². The molecule has 7 nitrogen and oxygen atoms in total. The van der Waals surface area contributed by atoms with Crippen LogP contribution in [0, 0.1) is 56.2 Å². The van der Waals surface area contributed by atoms with Crippen molar-refractivity contribution in [1.82, 2.24) is 10.2 Å². The molecule has 3 unspecified atom stereocenters. The van der Waals surface area contributed by atoms with Crippen molar-refractivity contribution < 1.29 is 18.7 Å². The Morgan fingerprint density at radius 2 is 1.73 bits per heavy atom. The second-order valence-electron chi connectivity index (χ2n) is 15.8. The van der Waals surface area contributed by atoms with E-state index in [1.54, 1.807) is 7.11 Å². The van der Waals surface area contributed by atoms with Crippen LogP contribution in [0.4, 0.5) is 0 Å². The summed E-state index contributed by atoms with van der Waals surface area (Å²) in [5, 5.41) is 18.8. The number of hydrogen-bond donors (Lipinski definition) is 0. The van der Waals surface area contributed by atoms with Crippen LogP contribution in [0.2, 0.25) is 0 Å². The van der Waals surface area contributed by atoms with Crippen LogP contribution >= 0.6 is 0 Å². The van der Waals surface area contributed by atoms with E-state index in [0.717, 1.165) is 50.5 Å². The monoisotopic (exact) mass is 559 g/mol. The van der Waals surface area contributed by atoms with Crippen LogP contribution < -0.4 is 0 Å². The van der Waals surface area contributed by atoms with Crippen LogP contribution in [-0.2, 0) is 26.3 Å². The molecular weight excluding hydrogens is 514 g/mol. The topological polar surface area (TPSA) is 106 Å². The largest absolute Gasteiger partial charge is 0.422 e. The summed E-state index contributed by atoms with van der Waals surface area (Å²) in [7, 11) is 1.62. The normalized spacial score (nSPS) is 42.6. The highest BCUT2D eigenvalue weighted by Gasteiger charge is 2.70. The molecule has 1 aromatic rings. The van der Waals surface area contributed by atoms with E-state index in [9.17, 15) is 14.9 Å². The number of nitriles is 1. The maximum absolute atomic E-state index is 14.7. The van der Waals surface area contributed by atoms with Crippen molar-refractivity contribution in [3.05, 3.63) is 35.1 Å². The van der Waals surface area contributed by atoms with Crippen LogP contribution in [0.3, 0.4) is 0 Å². The molecule has 0 saturated heterocycles. The zero-order chi connectivity index (χ0) is 29.8. The van der Waals surface area contributed by atoms with Gasteiger partial charge in [-0.3, -0.25) is 9.59 Å². The lowest BCUT2D eigenvalue weighted by Gasteiger charge is -2.68. The minimum absolute atomic E-state index is 0.0424. The number of ether oxygens (including phenoxy) is 1. The second-order valence-corrected chi connectivity index (χ2v) is 15.8. The molecule has 0 radical (unpaired) electrons. The van der Waals surface area contributed by atoms with Crippen molar-refractivity contribution in [2.45, 2.75) is 105 Å². The van der Waals surface area contributed by atoms with E-state index in [2.05, 4.69) is 50.9 Å². The summed E-state index contributed by atoms with van der Waals surface area (Å²) < 4.78 is 11.5. The average Bonchev–Trinajstić information content (AvgIpc) is 3.37. The molecule has 5 aliphatic rings. The summed E-state index contributed by atoms with van der Waals surface area (Å²) in [6.07, 6.45) is 10.4. The fourth-order valence-corrected chi connectivity index (χ4v) is 10.6. The summed E-state index contributed by atoms with van der Waals surface area (Å²) in [6.45, 7) is 15.8. The third-order valence-electron chi connectivity index (χ3n) is 13.0. The maximum atomic E-state index is 14.7. The molecule has 5 aliphatic carbocycles. The fourth-order valence-electron chi connectivity index (χ4n) is 10.6. The van der Waals surface area contributed by atoms with Crippen LogP contribution in [0.5, 0.6) is 0 Å². The summed E-state index contributed by atoms with van der Waals surface area (Å²) in [5.74, 6) is 1.23. The average molecular weight is 560 g/mol. The van der Waals surface area contributed by atoms with Crippen LogP contribution in [-0.4, -0.2) is 28.9 Å². The summed E-state index contributed by atoms with van der Waals surface area (Å²) in [6, 6.07) is 2.20. The van der Waals surface area contributed by atoms with Crippen molar-refractivity contribution >= 4 is 11.6 Å². The zero-order valence-electron chi connectivity index (χ0n) is 26.0. The van der Waals surface area contributed by atoms with Gasteiger partial charge in [-0.1, -0.05) is 60.1 Å². The highest BCUT2D eigenvalue weighted by molar-refractivity contribution is 6.04. The first-order valence-electron chi connectivity index (χ1n) is 15.4. The Bertz CT molecular complexity index is 1430. The highest BCUT2D eigenvalue weighted by atomic mass is 16.5. The van der Waals surface area contributed by atoms with Crippen LogP contribution in [0.25, 0.3) is 0 Å². The van der Waals surface area contributed by atoms with Gasteiger partial charge in [-0.2, -0.15) is 5.26 Å². The molecular formula is C34H45N3O4. The molecule has 3 fully saturated rings. The fraction of sp³-hybridized carbons (Fsp3) is 0.735. The molecule has 1 aromatic heterocycles. The molecule has 0 amide bonds. The van der Waals surface area contributed by atoms with Crippen molar-refractivity contribution in [3.63, 3.8) is 0 Å². The number of hydrogen-bond acceptors (Lipinski definition) is 7. The Labute approximate surface area is 244 Å². The van der Waals surface area contributed by atoms with Gasteiger partial charge in [-0.05, 0) is 79.1 Å². The highest BCUT2D eigenvalue weighted by Crippen LogP contribution is 2.74. The third-order valence-corrected chi connectivity index (χ3v) is 13.0. The Hall–Kier alpha value is -2.59. The molecule has 1 heterocycles. The van der Waals surface area contributed by atoms with E-state index >= 15 is 0 Å². The maximum Gasteiger partial charge on any atom is 0.242 e. The lowest BCUT2D eigenvalue weighted by molar-refractivity contribution is -0.161. The number of ketones is 2. The van der Waals surface area contributed by atoms with E-state index in [1.165, 1.54) is 0 Å². The number of nitrogens with zero attached hydrogens (tertiary/aromatic N) is 3. The van der Waals surface area contributed by atoms with Gasteiger partial charge in [0.05, 0.1) is 11.0 Å². The zero-order valence-corrected chi connectivity index (χ0v) is 26.0. The third kappa shape index (κ3) is 3.58. The van der Waals surface area contributed by atoms with Gasteiger partial charge in [-0.15, -0.1) is 10.2 Å². The lowest BCUT2D eigenvalue weighted by atomic mass is 9.34. The Morgan fingerprint density at radius 1 is 1.02 bits per heavy atom. The summed E-state index contributed by atoms with van der Waals surface area (Å²) >= 11 is 0. The van der Waals surface area contributed by atoms with Crippen molar-refractivity contribution in [1.29, 1.82) is 5.26 Å². The number of allylic oxidation sites excluding steroid dienone is 4. The Morgan fingerprint density at radius 3 is 2.41 bits per heavy atom. The number of rotatable bonds is 3. The second kappa shape index (κ2) is 8.72. The van der Waals surface area contributed by atoms with Gasteiger partial charge in [0.2, 0.25) is 11.8 Å². The Balaban J connectivity index is 1.51. The van der Waals surface area contributed by atoms with Gasteiger partial charge in [0.1, 0.15) is 12.7 Å². The van der Waals surface area contributed by atoms with E-state index in [-0.39, 0.29) is 63.2 Å². The molecule has 0 aromatic carbocycles. The number of methoxy groups -OCH3 is 1. The molecule has 41 heavy (non-hydrogen) atoms. The molecule has 0 N–H and O–H groups in total. The van der Waals surface area contributed by atoms with Gasteiger partial charge in [0, 0.05) is 23.9 Å². The molecule has 6 rings (SSSR count). The number of aromatic nitrogens is 2. The molecule has 0 bridgehead atoms. The lowest BCUT2D eigenvalue weighted by Crippen LogP contribution is -2.65. The molecule has 7 atom stereocenters. The minimum Gasteiger partial charge on any atom is -0.422 e. The van der Waals surface area contributed by atoms with Crippen molar-refractivity contribution in [2.75, 3.05) is 7.11 Å². The first kappa shape index (κ1) is 28.5. The standard InChI is InChI=1S/C34H45N3O4/c1-29(2)11-13-34(28-37-36-25(41-28)19-40-8)14-12-33(7)26(21(34)17-29)22(38)15-24-31(5)16-20(18-35)27(39)30(3,4)23(31)9-10-32(24,33)6/h15-16,21,23,26H,9-14,17,19H2,1-8H3/t21?,23?,26?,31-,32+,33+,34-/m0/s1. The summed E-state index contributed by atoms with van der Waals surface area (Å²) in [4.78, 5) is 28.0. The van der Waals surface area contributed by atoms with E-state index < -0.39 is 10.8 Å². The van der Waals surface area contributed by atoms with Gasteiger partial charge >= 0.3 is 0 Å². The number of carbonyl (C=O) groups is 2. The van der Waals surface area contributed by atoms with Gasteiger partial charge in [0.15, 0.2) is 11.6 Å². The predicted octanol–water partition coefficient (Wildman–Crippen LogP) is 6.69. The molecule has 3 saturated carbocycles. The van der Waals surface area contributed by atoms with Crippen LogP contribution in [0.15, 0.2) is 27.7 Å². The van der Waals surface area contributed by atoms with Gasteiger partial charge in [0.25, 0.3) is 0 Å². The van der Waals surface area contributed by atoms with Gasteiger partial charge in [-0.25, -0.2) is 0 Å². The molecule has 0 aliphatic heterocycles. The Kier molecular flexibility index (Phi) is 6.07. The SMILES string of the molecule is COCc1nnc([C@]23CCC(C)(C)CC2C2C(=O)C=C4[C@@]5(C)C=C(C#N)C(=O)C(C)(C)C5CC[C@@]4(C)[C@]2(C)CC3)o1. The van der Waals surface area contributed by atoms with Crippen molar-refractivity contribution in [2.24, 2.45) is 44.8 Å². The molecule has 7 heteroatoms. The number of Topliss-reactive ketones (excluding diaryl/α,β-unsaturated/α-hetero) is 1. The smallest absolute Gasteiger partial charge is 0.242 e. The van der Waals surface area contributed by atoms with E-state index in [4.69, 9.17) is 9.15 Å². The molecule has 0 spiro atoms. The predicted molar refractivity (Wildman–Crippen MR) is 153 cm³/mol. The first-order valence-corrected chi connectivity index (χ1v) is 15.4. The van der Waals surface area contributed by atoms with E-state index in [1.807, 2.05) is 26.0 Å². The minimum atomic E-state index is -0.662. The number of fused-ring (bicyclic) bond motifs is 7. The number of carbonyl (C=O) groups excluding carboxylic acids is 2. The summed E-state index contributed by atoms with van der Waals surface area (Å²) in [5.41, 5.74) is -0.566. The quantitative estimate of drug-likeness (QED) is 0.406. The van der Waals surface area contributed by atoms with E-state index in [0.29, 0.717) is 11.8 Å². The first-order chi connectivity index (χ1) is 19.1. The molecule has 220 valence electrons. The van der Waals surface area contributed by atoms with Crippen LogP contribution in [0.1, 0.15) is 105 Å².